The minimum atomic E-state index is -2.85. The number of carbonyl (C=O) groups is 1. The molecular weight excluding hydrogens is 360 g/mol. The van der Waals surface area contributed by atoms with Gasteiger partial charge in [0.05, 0.1) is 15.3 Å². The summed E-state index contributed by atoms with van der Waals surface area (Å²) < 4.78 is 16.6. The lowest BCUT2D eigenvalue weighted by molar-refractivity contribution is 0.100. The van der Waals surface area contributed by atoms with Gasteiger partial charge in [0.1, 0.15) is 5.75 Å². The average Bonchev–Trinajstić information content (AvgIpc) is 2.67. The lowest BCUT2D eigenvalue weighted by Crippen LogP contribution is -2.04. The summed E-state index contributed by atoms with van der Waals surface area (Å²) in [6.45, 7) is 0. The van der Waals surface area contributed by atoms with E-state index in [1.807, 2.05) is 0 Å². The van der Waals surface area contributed by atoms with Gasteiger partial charge < -0.3 is 5.11 Å². The van der Waals surface area contributed by atoms with Crippen LogP contribution in [0.3, 0.4) is 0 Å². The Morgan fingerprint density at radius 2 is 1.74 bits per heavy atom. The summed E-state index contributed by atoms with van der Waals surface area (Å²) in [5, 5.41) is 9.46. The fourth-order valence-electron chi connectivity index (χ4n) is 2.29. The van der Waals surface area contributed by atoms with E-state index in [9.17, 15) is 14.1 Å². The van der Waals surface area contributed by atoms with E-state index in [0.717, 1.165) is 0 Å². The van der Waals surface area contributed by atoms with Gasteiger partial charge in [0.25, 0.3) is 5.91 Å². The molecule has 1 N–H and O–H groups in total. The van der Waals surface area contributed by atoms with Crippen LogP contribution in [0.1, 0.15) is 21.5 Å². The smallest absolute Gasteiger partial charge is 0.286 e. The third-order valence-corrected chi connectivity index (χ3v) is 5.28. The number of amides is 1. The van der Waals surface area contributed by atoms with Crippen LogP contribution in [-0.2, 0) is 9.73 Å². The molecule has 2 aromatic carbocycles. The van der Waals surface area contributed by atoms with Gasteiger partial charge in [-0.2, -0.15) is 4.36 Å². The van der Waals surface area contributed by atoms with E-state index in [-0.39, 0.29) is 11.3 Å². The molecule has 134 valence electrons. The highest BCUT2D eigenvalue weighted by molar-refractivity contribution is 7.93. The van der Waals surface area contributed by atoms with Gasteiger partial charge in [-0.3, -0.25) is 9.78 Å². The zero-order valence-electron chi connectivity index (χ0n) is 14.5. The molecule has 0 spiro atoms. The largest absolute Gasteiger partial charge is 0.508 e. The number of hydrogen-bond acceptors (Lipinski definition) is 4. The molecule has 0 aliphatic rings. The van der Waals surface area contributed by atoms with Gasteiger partial charge in [-0.1, -0.05) is 36.1 Å². The first-order valence-corrected chi connectivity index (χ1v) is 9.94. The predicted molar refractivity (Wildman–Crippen MR) is 104 cm³/mol. The van der Waals surface area contributed by atoms with Crippen LogP contribution in [0.25, 0.3) is 0 Å². The Balaban J connectivity index is 1.89. The summed E-state index contributed by atoms with van der Waals surface area (Å²) in [4.78, 5) is 16.9. The van der Waals surface area contributed by atoms with Crippen LogP contribution in [0.2, 0.25) is 0 Å². The van der Waals surface area contributed by atoms with E-state index >= 15 is 0 Å². The number of benzene rings is 2. The Morgan fingerprint density at radius 1 is 1.00 bits per heavy atom. The number of aromatic hydroxyl groups is 1. The van der Waals surface area contributed by atoms with Crippen molar-refractivity contribution in [2.24, 2.45) is 4.36 Å². The SMILES string of the molecule is C[S@](=O)(=NC(=O)c1cncc(C#Cc2cccc(O)c2)c1)c1ccccc1. The Hall–Kier alpha value is -3.43. The molecule has 1 heterocycles. The third kappa shape index (κ3) is 4.81. The summed E-state index contributed by atoms with van der Waals surface area (Å²) in [6.07, 6.45) is 4.32. The van der Waals surface area contributed by atoms with Gasteiger partial charge in [-0.05, 0) is 36.4 Å². The lowest BCUT2D eigenvalue weighted by Gasteiger charge is -2.03. The molecule has 27 heavy (non-hydrogen) atoms. The molecule has 1 amide bonds. The molecule has 1 atom stereocenters. The van der Waals surface area contributed by atoms with Crippen molar-refractivity contribution in [1.29, 1.82) is 0 Å². The highest BCUT2D eigenvalue weighted by Crippen LogP contribution is 2.13. The number of phenolic OH excluding ortho intramolecular Hbond substituents is 1. The highest BCUT2D eigenvalue weighted by Gasteiger charge is 2.11. The van der Waals surface area contributed by atoms with Crippen LogP contribution in [0.5, 0.6) is 5.75 Å². The van der Waals surface area contributed by atoms with Crippen molar-refractivity contribution in [2.75, 3.05) is 6.26 Å². The zero-order valence-corrected chi connectivity index (χ0v) is 15.3. The molecule has 0 saturated carbocycles. The number of rotatable bonds is 2. The molecule has 0 bridgehead atoms. The molecule has 0 radical (unpaired) electrons. The molecule has 0 aliphatic heterocycles. The van der Waals surface area contributed by atoms with E-state index in [1.165, 1.54) is 24.7 Å². The first-order valence-electron chi connectivity index (χ1n) is 8.02. The van der Waals surface area contributed by atoms with E-state index in [1.54, 1.807) is 54.6 Å². The maximum atomic E-state index is 12.7. The van der Waals surface area contributed by atoms with Crippen molar-refractivity contribution < 1.29 is 14.1 Å². The molecule has 5 nitrogen and oxygen atoms in total. The minimum absolute atomic E-state index is 0.126. The normalized spacial score (nSPS) is 12.3. The van der Waals surface area contributed by atoms with Crippen LogP contribution in [0, 0.1) is 11.8 Å². The molecule has 0 saturated heterocycles. The minimum Gasteiger partial charge on any atom is -0.508 e. The summed E-state index contributed by atoms with van der Waals surface area (Å²) in [6, 6.07) is 16.8. The number of aromatic nitrogens is 1. The van der Waals surface area contributed by atoms with Crippen LogP contribution in [0.15, 0.2) is 82.3 Å². The Kier molecular flexibility index (Phi) is 5.34. The molecule has 0 aliphatic carbocycles. The van der Waals surface area contributed by atoms with E-state index in [4.69, 9.17) is 0 Å². The first-order chi connectivity index (χ1) is 12.9. The van der Waals surface area contributed by atoms with Gasteiger partial charge >= 0.3 is 0 Å². The maximum Gasteiger partial charge on any atom is 0.286 e. The summed E-state index contributed by atoms with van der Waals surface area (Å²) in [5.41, 5.74) is 1.36. The fraction of sp³-hybridized carbons (Fsp3) is 0.0476. The van der Waals surface area contributed by atoms with Crippen molar-refractivity contribution in [1.82, 2.24) is 4.98 Å². The quantitative estimate of drug-likeness (QED) is 0.695. The monoisotopic (exact) mass is 376 g/mol. The van der Waals surface area contributed by atoms with Crippen LogP contribution < -0.4 is 0 Å². The second-order valence-electron chi connectivity index (χ2n) is 5.77. The Labute approximate surface area is 157 Å². The second-order valence-corrected chi connectivity index (χ2v) is 8.03. The molecule has 3 rings (SSSR count). The average molecular weight is 376 g/mol. The number of nitrogens with zero attached hydrogens (tertiary/aromatic N) is 2. The Bertz CT molecular complexity index is 1170. The second kappa shape index (κ2) is 7.85. The van der Waals surface area contributed by atoms with Crippen molar-refractivity contribution in [2.45, 2.75) is 4.90 Å². The highest BCUT2D eigenvalue weighted by atomic mass is 32.2. The van der Waals surface area contributed by atoms with Crippen LogP contribution >= 0.6 is 0 Å². The molecule has 1 aromatic heterocycles. The number of carbonyl (C=O) groups excluding carboxylic acids is 1. The zero-order chi connectivity index (χ0) is 19.3. The van der Waals surface area contributed by atoms with Crippen molar-refractivity contribution in [3.8, 4) is 17.6 Å². The molecule has 0 unspecified atom stereocenters. The first kappa shape index (κ1) is 18.4. The van der Waals surface area contributed by atoms with Gasteiger partial charge in [-0.15, -0.1) is 0 Å². The predicted octanol–water partition coefficient (Wildman–Crippen LogP) is 3.48. The Morgan fingerprint density at radius 3 is 2.48 bits per heavy atom. The third-order valence-electron chi connectivity index (χ3n) is 3.62. The van der Waals surface area contributed by atoms with Crippen molar-refractivity contribution in [3.63, 3.8) is 0 Å². The lowest BCUT2D eigenvalue weighted by atomic mass is 10.1. The summed E-state index contributed by atoms with van der Waals surface area (Å²) >= 11 is 0. The number of phenols is 1. The van der Waals surface area contributed by atoms with E-state index in [0.29, 0.717) is 16.0 Å². The van der Waals surface area contributed by atoms with E-state index < -0.39 is 15.6 Å². The molecular formula is C21H16N2O3S. The van der Waals surface area contributed by atoms with Gasteiger partial charge in [-0.25, -0.2) is 4.21 Å². The van der Waals surface area contributed by atoms with Gasteiger partial charge in [0.15, 0.2) is 0 Å². The summed E-state index contributed by atoms with van der Waals surface area (Å²) in [7, 11) is -2.85. The number of pyridine rings is 1. The van der Waals surface area contributed by atoms with Crippen molar-refractivity contribution >= 4 is 15.6 Å². The van der Waals surface area contributed by atoms with Gasteiger partial charge in [0.2, 0.25) is 0 Å². The molecule has 0 fully saturated rings. The standard InChI is InChI=1S/C21H16N2O3S/c1-27(26,20-8-3-2-4-9-20)23-21(25)18-12-17(14-22-15-18)11-10-16-6-5-7-19(24)13-16/h2-9,12-15,24H,1H3/t27-/m1/s1. The maximum absolute atomic E-state index is 12.7. The van der Waals surface area contributed by atoms with Crippen LogP contribution in [-0.4, -0.2) is 26.5 Å². The summed E-state index contributed by atoms with van der Waals surface area (Å²) in [5.74, 6) is 5.30. The molecule has 6 heteroatoms. The van der Waals surface area contributed by atoms with Gasteiger partial charge in [0, 0.05) is 34.7 Å². The van der Waals surface area contributed by atoms with Crippen molar-refractivity contribution in [3.05, 3.63) is 89.7 Å². The topological polar surface area (TPSA) is 79.6 Å². The fourth-order valence-corrected chi connectivity index (χ4v) is 3.48. The van der Waals surface area contributed by atoms with E-state index in [2.05, 4.69) is 21.2 Å². The molecule has 3 aromatic rings. The number of hydrogen-bond donors (Lipinski definition) is 1. The van der Waals surface area contributed by atoms with Crippen LogP contribution in [0.4, 0.5) is 0 Å².